The Kier molecular flexibility index (Phi) is 7.44. The normalized spacial score (nSPS) is 21.3. The maximum Gasteiger partial charge on any atom is 0.320 e. The number of H-pyrrole nitrogens is 1. The van der Waals surface area contributed by atoms with Crippen LogP contribution in [0.2, 0.25) is 10.0 Å². The van der Waals surface area contributed by atoms with Gasteiger partial charge in [0.05, 0.1) is 16.3 Å². The van der Waals surface area contributed by atoms with Gasteiger partial charge in [-0.05, 0) is 53.9 Å². The van der Waals surface area contributed by atoms with Crippen LogP contribution in [0.5, 0.6) is 0 Å². The highest BCUT2D eigenvalue weighted by Crippen LogP contribution is 2.35. The topological polar surface area (TPSA) is 80.0 Å². The van der Waals surface area contributed by atoms with E-state index in [0.29, 0.717) is 49.3 Å². The number of hydrogen-bond donors (Lipinski definition) is 1. The summed E-state index contributed by atoms with van der Waals surface area (Å²) in [4.78, 5) is 22.7. The van der Waals surface area contributed by atoms with Gasteiger partial charge in [-0.15, -0.1) is 0 Å². The molecule has 2 aliphatic rings. The molecule has 2 fully saturated rings. The number of nitrogens with zero attached hydrogens (tertiary/aromatic N) is 4. The summed E-state index contributed by atoms with van der Waals surface area (Å²) >= 11 is 12.6. The number of likely N-dealkylation sites (tertiary alicyclic amines) is 1. The van der Waals surface area contributed by atoms with Crippen molar-refractivity contribution in [2.24, 2.45) is 0 Å². The summed E-state index contributed by atoms with van der Waals surface area (Å²) in [5.41, 5.74) is 3.35. The Morgan fingerprint density at radius 1 is 1.00 bits per heavy atom. The van der Waals surface area contributed by atoms with Gasteiger partial charge in [-0.2, -0.15) is 4.31 Å². The van der Waals surface area contributed by atoms with Gasteiger partial charge in [0.25, 0.3) is 0 Å². The summed E-state index contributed by atoms with van der Waals surface area (Å²) in [5.74, 6) is 0.0528. The lowest BCUT2D eigenvalue weighted by Crippen LogP contribution is -2.53. The molecule has 2 aromatic carbocycles. The van der Waals surface area contributed by atoms with Crippen molar-refractivity contribution in [1.29, 1.82) is 0 Å². The predicted octanol–water partition coefficient (Wildman–Crippen LogP) is 4.07. The fourth-order valence-corrected chi connectivity index (χ4v) is 6.61. The molecule has 2 aliphatic heterocycles. The Balaban J connectivity index is 1.35. The lowest BCUT2D eigenvalue weighted by Gasteiger charge is -2.35. The Labute approximate surface area is 227 Å². The van der Waals surface area contributed by atoms with Crippen LogP contribution in [0.4, 0.5) is 4.79 Å². The van der Waals surface area contributed by atoms with Gasteiger partial charge in [0.15, 0.2) is 0 Å². The van der Waals surface area contributed by atoms with Crippen molar-refractivity contribution < 1.29 is 13.2 Å². The molecule has 0 radical (unpaired) electrons. The predicted molar refractivity (Wildman–Crippen MR) is 148 cm³/mol. The number of aromatic amines is 1. The number of piperazine rings is 1. The zero-order chi connectivity index (χ0) is 26.3. The Morgan fingerprint density at radius 3 is 2.46 bits per heavy atom. The number of carbonyl (C=O) groups excluding carboxylic acids is 1. The van der Waals surface area contributed by atoms with E-state index in [4.69, 9.17) is 23.2 Å². The average molecular weight is 565 g/mol. The molecule has 2 atom stereocenters. The van der Waals surface area contributed by atoms with E-state index in [0.717, 1.165) is 17.6 Å². The Bertz CT molecular complexity index is 1400. The van der Waals surface area contributed by atoms with Gasteiger partial charge in [0, 0.05) is 69.5 Å². The molecule has 2 saturated heterocycles. The van der Waals surface area contributed by atoms with Gasteiger partial charge in [-0.3, -0.25) is 4.90 Å². The molecule has 0 aliphatic carbocycles. The van der Waals surface area contributed by atoms with Gasteiger partial charge in [0.2, 0.25) is 10.0 Å². The van der Waals surface area contributed by atoms with Crippen molar-refractivity contribution in [3.63, 3.8) is 0 Å². The summed E-state index contributed by atoms with van der Waals surface area (Å²) in [7, 11) is -1.16. The fourth-order valence-electron chi connectivity index (χ4n) is 5.48. The number of nitrogens with one attached hydrogen (secondary N) is 1. The number of likely N-dealkylation sites (N-methyl/N-ethyl adjacent to an activating group) is 1. The molecule has 11 heteroatoms. The van der Waals surface area contributed by atoms with E-state index in [1.54, 1.807) is 4.90 Å². The highest BCUT2D eigenvalue weighted by molar-refractivity contribution is 7.88. The number of benzene rings is 2. The van der Waals surface area contributed by atoms with E-state index in [1.807, 2.05) is 29.3 Å². The second-order valence-electron chi connectivity index (χ2n) is 10.00. The van der Waals surface area contributed by atoms with Crippen molar-refractivity contribution in [3.05, 3.63) is 69.8 Å². The van der Waals surface area contributed by atoms with Crippen LogP contribution in [0, 0.1) is 0 Å². The van der Waals surface area contributed by atoms with E-state index >= 15 is 0 Å². The molecule has 8 nitrogen and oxygen atoms in total. The van der Waals surface area contributed by atoms with Crippen molar-refractivity contribution in [1.82, 2.24) is 24.0 Å². The molecule has 37 heavy (non-hydrogen) atoms. The molecule has 3 aromatic rings. The van der Waals surface area contributed by atoms with E-state index in [9.17, 15) is 13.2 Å². The summed E-state index contributed by atoms with van der Waals surface area (Å²) < 4.78 is 25.2. The van der Waals surface area contributed by atoms with Gasteiger partial charge < -0.3 is 14.8 Å². The number of amides is 2. The lowest BCUT2D eigenvalue weighted by atomic mass is 9.93. The standard InChI is InChI=1S/C26H31Cl2N5O3S/c1-30(15-18-3-6-24-20(13-18)7-8-29-24)25-17-32(16-21(25)19-4-5-22(27)23(28)14-19)26(34)31-9-11-33(12-10-31)37(2,35)36/h3-8,13-14,21,25,29H,9-12,15-17H2,1-2H3/t21-,25-/m1/s1. The monoisotopic (exact) mass is 563 g/mol. The van der Waals surface area contributed by atoms with Crippen LogP contribution in [0.15, 0.2) is 48.7 Å². The second-order valence-corrected chi connectivity index (χ2v) is 12.8. The van der Waals surface area contributed by atoms with E-state index in [2.05, 4.69) is 41.2 Å². The zero-order valence-electron chi connectivity index (χ0n) is 20.9. The first-order chi connectivity index (χ1) is 17.6. The lowest BCUT2D eigenvalue weighted by molar-refractivity contribution is 0.138. The highest BCUT2D eigenvalue weighted by atomic mass is 35.5. The molecule has 2 amide bonds. The Morgan fingerprint density at radius 2 is 1.76 bits per heavy atom. The van der Waals surface area contributed by atoms with Crippen LogP contribution in [0.1, 0.15) is 17.0 Å². The largest absolute Gasteiger partial charge is 0.361 e. The van der Waals surface area contributed by atoms with Crippen LogP contribution in [0.3, 0.4) is 0 Å². The third kappa shape index (κ3) is 5.61. The highest BCUT2D eigenvalue weighted by Gasteiger charge is 2.40. The average Bonchev–Trinajstić information content (AvgIpc) is 3.52. The molecule has 0 saturated carbocycles. The summed E-state index contributed by atoms with van der Waals surface area (Å²) in [6.07, 6.45) is 3.15. The number of aromatic nitrogens is 1. The third-order valence-corrected chi connectivity index (χ3v) is 9.57. The van der Waals surface area contributed by atoms with Crippen molar-refractivity contribution in [2.45, 2.75) is 18.5 Å². The zero-order valence-corrected chi connectivity index (χ0v) is 23.2. The summed E-state index contributed by atoms with van der Waals surface area (Å²) in [5, 5.41) is 2.17. The fraction of sp³-hybridized carbons (Fsp3) is 0.423. The SMILES string of the molecule is CN(Cc1ccc2[nH]ccc2c1)[C@@H]1CN(C(=O)N2CCN(S(C)(=O)=O)CC2)C[C@@H]1c1ccc(Cl)c(Cl)c1. The van der Waals surface area contributed by atoms with Gasteiger partial charge in [0.1, 0.15) is 0 Å². The molecule has 0 unspecified atom stereocenters. The van der Waals surface area contributed by atoms with Crippen molar-refractivity contribution >= 4 is 50.2 Å². The van der Waals surface area contributed by atoms with E-state index in [-0.39, 0.29) is 18.0 Å². The van der Waals surface area contributed by atoms with Gasteiger partial charge >= 0.3 is 6.03 Å². The smallest absolute Gasteiger partial charge is 0.320 e. The van der Waals surface area contributed by atoms with E-state index < -0.39 is 10.0 Å². The van der Waals surface area contributed by atoms with Crippen LogP contribution in [-0.4, -0.2) is 97.1 Å². The quantitative estimate of drug-likeness (QED) is 0.507. The maximum atomic E-state index is 13.5. The number of rotatable bonds is 5. The molecule has 1 aromatic heterocycles. The van der Waals surface area contributed by atoms with Crippen LogP contribution < -0.4 is 0 Å². The first-order valence-electron chi connectivity index (χ1n) is 12.3. The summed E-state index contributed by atoms with van der Waals surface area (Å²) in [6, 6.07) is 14.2. The molecule has 0 bridgehead atoms. The van der Waals surface area contributed by atoms with Gasteiger partial charge in [-0.25, -0.2) is 13.2 Å². The minimum atomic E-state index is -3.26. The molecule has 198 valence electrons. The van der Waals surface area contributed by atoms with Crippen LogP contribution >= 0.6 is 23.2 Å². The molecular weight excluding hydrogens is 533 g/mol. The molecule has 5 rings (SSSR count). The minimum Gasteiger partial charge on any atom is -0.361 e. The molecule has 0 spiro atoms. The minimum absolute atomic E-state index is 0.0528. The van der Waals surface area contributed by atoms with Gasteiger partial charge in [-0.1, -0.05) is 35.3 Å². The number of carbonyl (C=O) groups is 1. The van der Waals surface area contributed by atoms with Crippen molar-refractivity contribution in [2.75, 3.05) is 52.6 Å². The maximum absolute atomic E-state index is 13.5. The molecule has 3 heterocycles. The first kappa shape index (κ1) is 26.3. The number of sulfonamides is 1. The summed E-state index contributed by atoms with van der Waals surface area (Å²) in [6.45, 7) is 3.26. The number of fused-ring (bicyclic) bond motifs is 1. The third-order valence-electron chi connectivity index (χ3n) is 7.53. The second kappa shape index (κ2) is 10.5. The molecular formula is C26H31Cl2N5O3S. The first-order valence-corrected chi connectivity index (χ1v) is 14.9. The van der Waals surface area contributed by atoms with Crippen molar-refractivity contribution in [3.8, 4) is 0 Å². The van der Waals surface area contributed by atoms with Crippen LogP contribution in [-0.2, 0) is 16.6 Å². The van der Waals surface area contributed by atoms with E-state index in [1.165, 1.54) is 21.5 Å². The Hall–Kier alpha value is -2.30. The van der Waals surface area contributed by atoms with Crippen LogP contribution in [0.25, 0.3) is 10.9 Å². The number of urea groups is 1. The number of hydrogen-bond acceptors (Lipinski definition) is 4. The molecule has 1 N–H and O–H groups in total. The number of halogens is 2.